The molecule has 1 aromatic carbocycles. The van der Waals surface area contributed by atoms with Gasteiger partial charge < -0.3 is 15.4 Å². The van der Waals surface area contributed by atoms with Crippen LogP contribution in [-0.4, -0.2) is 19.1 Å². The largest absolute Gasteiger partial charge is 0.495 e. The fourth-order valence-corrected chi connectivity index (χ4v) is 1.81. The zero-order valence-corrected chi connectivity index (χ0v) is 11.0. The molecule has 1 aromatic heterocycles. The first kappa shape index (κ1) is 12.5. The zero-order chi connectivity index (χ0) is 13.0. The third-order valence-electron chi connectivity index (χ3n) is 2.46. The number of rotatable bonds is 4. The summed E-state index contributed by atoms with van der Waals surface area (Å²) in [6.07, 6.45) is 1.74. The number of benzene rings is 1. The third kappa shape index (κ3) is 2.84. The number of ether oxygens (including phenoxy) is 1. The predicted octanol–water partition coefficient (Wildman–Crippen LogP) is 3.53. The second-order valence-corrected chi connectivity index (χ2v) is 4.06. The van der Waals surface area contributed by atoms with E-state index in [0.29, 0.717) is 10.8 Å². The number of pyridine rings is 1. The van der Waals surface area contributed by atoms with Gasteiger partial charge in [-0.1, -0.05) is 11.6 Å². The first-order valence-electron chi connectivity index (χ1n) is 5.47. The SMILES string of the molecule is CNc1cc(Nc2ccc(OC)c(Cl)c2)ccn1. The molecule has 94 valence electrons. The van der Waals surface area contributed by atoms with Gasteiger partial charge in [-0.2, -0.15) is 0 Å². The van der Waals surface area contributed by atoms with Gasteiger partial charge >= 0.3 is 0 Å². The molecule has 0 aliphatic rings. The number of nitrogens with zero attached hydrogens (tertiary/aromatic N) is 1. The number of aromatic nitrogens is 1. The molecule has 0 radical (unpaired) electrons. The van der Waals surface area contributed by atoms with Crippen LogP contribution in [0.5, 0.6) is 5.75 Å². The van der Waals surface area contributed by atoms with E-state index in [1.165, 1.54) is 0 Å². The number of anilines is 3. The lowest BCUT2D eigenvalue weighted by atomic mass is 10.3. The number of nitrogens with one attached hydrogen (secondary N) is 2. The van der Waals surface area contributed by atoms with Crippen LogP contribution in [0.15, 0.2) is 36.5 Å². The lowest BCUT2D eigenvalue weighted by Gasteiger charge is -2.09. The number of methoxy groups -OCH3 is 1. The molecular formula is C13H14ClN3O. The maximum absolute atomic E-state index is 6.06. The van der Waals surface area contributed by atoms with Crippen LogP contribution in [0.4, 0.5) is 17.2 Å². The highest BCUT2D eigenvalue weighted by atomic mass is 35.5. The summed E-state index contributed by atoms with van der Waals surface area (Å²) < 4.78 is 5.11. The molecule has 0 bridgehead atoms. The fourth-order valence-electron chi connectivity index (χ4n) is 1.56. The van der Waals surface area contributed by atoms with Crippen LogP contribution in [-0.2, 0) is 0 Å². The normalized spacial score (nSPS) is 9.94. The van der Waals surface area contributed by atoms with Gasteiger partial charge in [-0.15, -0.1) is 0 Å². The van der Waals surface area contributed by atoms with Gasteiger partial charge in [0.05, 0.1) is 12.1 Å². The van der Waals surface area contributed by atoms with E-state index >= 15 is 0 Å². The monoisotopic (exact) mass is 263 g/mol. The van der Waals surface area contributed by atoms with Crippen molar-refractivity contribution in [3.63, 3.8) is 0 Å². The highest BCUT2D eigenvalue weighted by molar-refractivity contribution is 6.32. The van der Waals surface area contributed by atoms with Gasteiger partial charge in [0.25, 0.3) is 0 Å². The van der Waals surface area contributed by atoms with Crippen LogP contribution in [0, 0.1) is 0 Å². The van der Waals surface area contributed by atoms with E-state index in [1.54, 1.807) is 13.3 Å². The molecule has 18 heavy (non-hydrogen) atoms. The Morgan fingerprint density at radius 3 is 2.61 bits per heavy atom. The maximum Gasteiger partial charge on any atom is 0.137 e. The summed E-state index contributed by atoms with van der Waals surface area (Å²) in [5, 5.41) is 6.81. The first-order chi connectivity index (χ1) is 8.72. The highest BCUT2D eigenvalue weighted by Crippen LogP contribution is 2.29. The van der Waals surface area contributed by atoms with Gasteiger partial charge in [-0.25, -0.2) is 4.98 Å². The van der Waals surface area contributed by atoms with Crippen molar-refractivity contribution in [3.8, 4) is 5.75 Å². The maximum atomic E-state index is 6.06. The van der Waals surface area contributed by atoms with Crippen LogP contribution in [0.1, 0.15) is 0 Å². The van der Waals surface area contributed by atoms with Crippen molar-refractivity contribution in [1.29, 1.82) is 0 Å². The van der Waals surface area contributed by atoms with Crippen molar-refractivity contribution >= 4 is 28.8 Å². The van der Waals surface area contributed by atoms with Crippen molar-refractivity contribution in [2.24, 2.45) is 0 Å². The van der Waals surface area contributed by atoms with E-state index in [1.807, 2.05) is 37.4 Å². The molecule has 2 rings (SSSR count). The Morgan fingerprint density at radius 2 is 1.94 bits per heavy atom. The Labute approximate surface area is 111 Å². The molecule has 2 N–H and O–H groups in total. The minimum Gasteiger partial charge on any atom is -0.495 e. The molecule has 4 nitrogen and oxygen atoms in total. The van der Waals surface area contributed by atoms with Crippen LogP contribution >= 0.6 is 11.6 Å². The summed E-state index contributed by atoms with van der Waals surface area (Å²) in [4.78, 5) is 4.15. The van der Waals surface area contributed by atoms with Crippen LogP contribution in [0.2, 0.25) is 5.02 Å². The second kappa shape index (κ2) is 5.60. The third-order valence-corrected chi connectivity index (χ3v) is 2.75. The van der Waals surface area contributed by atoms with Crippen LogP contribution in [0.25, 0.3) is 0 Å². The van der Waals surface area contributed by atoms with E-state index in [4.69, 9.17) is 16.3 Å². The molecule has 0 saturated heterocycles. The average molecular weight is 264 g/mol. The standard InChI is InChI=1S/C13H14ClN3O/c1-15-13-8-10(5-6-16-13)17-9-3-4-12(18-2)11(14)7-9/h3-8H,1-2H3,(H2,15,16,17). The van der Waals surface area contributed by atoms with Gasteiger partial charge in [0.15, 0.2) is 0 Å². The molecular weight excluding hydrogens is 250 g/mol. The lowest BCUT2D eigenvalue weighted by molar-refractivity contribution is 0.415. The predicted molar refractivity (Wildman–Crippen MR) is 75.1 cm³/mol. The molecule has 0 aliphatic carbocycles. The summed E-state index contributed by atoms with van der Waals surface area (Å²) >= 11 is 6.06. The summed E-state index contributed by atoms with van der Waals surface area (Å²) in [7, 11) is 3.42. The zero-order valence-electron chi connectivity index (χ0n) is 10.2. The van der Waals surface area contributed by atoms with E-state index < -0.39 is 0 Å². The molecule has 0 spiro atoms. The van der Waals surface area contributed by atoms with Gasteiger partial charge in [0.2, 0.25) is 0 Å². The molecule has 0 saturated carbocycles. The Kier molecular flexibility index (Phi) is 3.89. The smallest absolute Gasteiger partial charge is 0.137 e. The van der Waals surface area contributed by atoms with Crippen molar-refractivity contribution in [1.82, 2.24) is 4.98 Å². The van der Waals surface area contributed by atoms with Crippen molar-refractivity contribution in [3.05, 3.63) is 41.6 Å². The number of hydrogen-bond acceptors (Lipinski definition) is 4. The van der Waals surface area contributed by atoms with E-state index in [2.05, 4.69) is 15.6 Å². The summed E-state index contributed by atoms with van der Waals surface area (Å²) in [5.41, 5.74) is 1.84. The molecule has 0 amide bonds. The molecule has 0 aliphatic heterocycles. The van der Waals surface area contributed by atoms with Gasteiger partial charge in [-0.3, -0.25) is 0 Å². The lowest BCUT2D eigenvalue weighted by Crippen LogP contribution is -1.95. The topological polar surface area (TPSA) is 46.2 Å². The molecule has 5 heteroatoms. The molecule has 1 heterocycles. The second-order valence-electron chi connectivity index (χ2n) is 3.65. The fraction of sp³-hybridized carbons (Fsp3) is 0.154. The summed E-state index contributed by atoms with van der Waals surface area (Å²) in [6.45, 7) is 0. The minimum absolute atomic E-state index is 0.574. The molecule has 0 unspecified atom stereocenters. The first-order valence-corrected chi connectivity index (χ1v) is 5.85. The van der Waals surface area contributed by atoms with Crippen molar-refractivity contribution in [2.75, 3.05) is 24.8 Å². The Bertz CT molecular complexity index is 546. The van der Waals surface area contributed by atoms with E-state index in [9.17, 15) is 0 Å². The van der Waals surface area contributed by atoms with Gasteiger partial charge in [0, 0.05) is 30.7 Å². The highest BCUT2D eigenvalue weighted by Gasteiger charge is 2.02. The van der Waals surface area contributed by atoms with Crippen molar-refractivity contribution < 1.29 is 4.74 Å². The molecule has 2 aromatic rings. The van der Waals surface area contributed by atoms with Gasteiger partial charge in [0.1, 0.15) is 11.6 Å². The molecule has 0 atom stereocenters. The minimum atomic E-state index is 0.574. The number of hydrogen-bond donors (Lipinski definition) is 2. The van der Waals surface area contributed by atoms with Crippen molar-refractivity contribution in [2.45, 2.75) is 0 Å². The number of halogens is 1. The van der Waals surface area contributed by atoms with E-state index in [-0.39, 0.29) is 0 Å². The average Bonchev–Trinajstić information content (AvgIpc) is 2.39. The Hall–Kier alpha value is -1.94. The van der Waals surface area contributed by atoms with Gasteiger partial charge in [-0.05, 0) is 24.3 Å². The summed E-state index contributed by atoms with van der Waals surface area (Å²) in [5.74, 6) is 1.47. The van der Waals surface area contributed by atoms with Crippen LogP contribution in [0.3, 0.4) is 0 Å². The van der Waals surface area contributed by atoms with E-state index in [0.717, 1.165) is 17.2 Å². The molecule has 0 fully saturated rings. The van der Waals surface area contributed by atoms with Crippen LogP contribution < -0.4 is 15.4 Å². The Morgan fingerprint density at radius 1 is 1.17 bits per heavy atom. The quantitative estimate of drug-likeness (QED) is 0.886. The Balaban J connectivity index is 2.20. The summed E-state index contributed by atoms with van der Waals surface area (Å²) in [6, 6.07) is 9.35.